The van der Waals surface area contributed by atoms with E-state index in [0.717, 1.165) is 47.5 Å². The molecule has 2 N–H and O–H groups in total. The zero-order valence-electron chi connectivity index (χ0n) is 17.5. The van der Waals surface area contributed by atoms with Crippen molar-refractivity contribution >= 4 is 17.9 Å². The summed E-state index contributed by atoms with van der Waals surface area (Å²) < 4.78 is 5.78. The fourth-order valence-electron chi connectivity index (χ4n) is 4.34. The summed E-state index contributed by atoms with van der Waals surface area (Å²) in [6, 6.07) is 12.2. The number of benzene rings is 2. The summed E-state index contributed by atoms with van der Waals surface area (Å²) in [5, 5.41) is 0. The SMILES string of the molecule is Cc1ccc(C2(c3ccc4c(c3)CCCO4)N=C(N)N(C)C2=O)cc1/C=C/C1CC1. The van der Waals surface area contributed by atoms with Crippen molar-refractivity contribution in [2.75, 3.05) is 13.7 Å². The third-order valence-electron chi connectivity index (χ3n) is 6.43. The van der Waals surface area contributed by atoms with E-state index < -0.39 is 5.54 Å². The monoisotopic (exact) mass is 401 g/mol. The van der Waals surface area contributed by atoms with E-state index >= 15 is 0 Å². The lowest BCUT2D eigenvalue weighted by Gasteiger charge is -2.28. The van der Waals surface area contributed by atoms with Crippen molar-refractivity contribution in [2.24, 2.45) is 16.6 Å². The molecule has 0 spiro atoms. The predicted octanol–water partition coefficient (Wildman–Crippen LogP) is 3.77. The molecule has 2 aliphatic heterocycles. The molecule has 5 nitrogen and oxygen atoms in total. The van der Waals surface area contributed by atoms with Gasteiger partial charge in [-0.25, -0.2) is 4.99 Å². The van der Waals surface area contributed by atoms with Crippen LogP contribution in [0.3, 0.4) is 0 Å². The Morgan fingerprint density at radius 2 is 1.97 bits per heavy atom. The van der Waals surface area contributed by atoms with E-state index in [4.69, 9.17) is 15.5 Å². The van der Waals surface area contributed by atoms with Gasteiger partial charge in [-0.3, -0.25) is 9.69 Å². The summed E-state index contributed by atoms with van der Waals surface area (Å²) in [5.41, 5.74) is 10.1. The van der Waals surface area contributed by atoms with Crippen molar-refractivity contribution < 1.29 is 9.53 Å². The number of nitrogens with two attached hydrogens (primary N) is 1. The Morgan fingerprint density at radius 1 is 1.20 bits per heavy atom. The molecule has 0 bridgehead atoms. The quantitative estimate of drug-likeness (QED) is 0.848. The molecule has 1 saturated carbocycles. The van der Waals surface area contributed by atoms with Crippen molar-refractivity contribution in [3.8, 4) is 5.75 Å². The molecular formula is C25H27N3O2. The average Bonchev–Trinajstić information content (AvgIpc) is 3.56. The molecule has 1 amide bonds. The molecule has 1 atom stereocenters. The van der Waals surface area contributed by atoms with Crippen LogP contribution in [0.25, 0.3) is 6.08 Å². The summed E-state index contributed by atoms with van der Waals surface area (Å²) in [6.07, 6.45) is 8.90. The van der Waals surface area contributed by atoms with Crippen LogP contribution < -0.4 is 10.5 Å². The molecule has 0 aromatic heterocycles. The number of guanidine groups is 1. The largest absolute Gasteiger partial charge is 0.493 e. The molecule has 5 heteroatoms. The van der Waals surface area contributed by atoms with E-state index in [9.17, 15) is 4.79 Å². The van der Waals surface area contributed by atoms with Crippen LogP contribution in [0, 0.1) is 12.8 Å². The molecule has 0 saturated heterocycles. The normalized spacial score (nSPS) is 23.5. The van der Waals surface area contributed by atoms with Gasteiger partial charge in [0.1, 0.15) is 5.75 Å². The van der Waals surface area contributed by atoms with Crippen LogP contribution in [-0.4, -0.2) is 30.4 Å². The highest BCUT2D eigenvalue weighted by atomic mass is 16.5. The van der Waals surface area contributed by atoms with Crippen LogP contribution in [0.1, 0.15) is 47.1 Å². The number of ether oxygens (including phenoxy) is 1. The molecule has 5 rings (SSSR count). The number of aryl methyl sites for hydroxylation is 2. The van der Waals surface area contributed by atoms with Crippen molar-refractivity contribution in [3.63, 3.8) is 0 Å². The Kier molecular flexibility index (Phi) is 4.42. The first-order valence-electron chi connectivity index (χ1n) is 10.7. The fraction of sp³-hybridized carbons (Fsp3) is 0.360. The second-order valence-electron chi connectivity index (χ2n) is 8.59. The van der Waals surface area contributed by atoms with E-state index in [1.807, 2.05) is 18.2 Å². The smallest absolute Gasteiger partial charge is 0.266 e. The summed E-state index contributed by atoms with van der Waals surface area (Å²) in [4.78, 5) is 19.8. The highest BCUT2D eigenvalue weighted by Gasteiger charge is 2.49. The van der Waals surface area contributed by atoms with Crippen molar-refractivity contribution in [1.82, 2.24) is 4.90 Å². The summed E-state index contributed by atoms with van der Waals surface area (Å²) in [7, 11) is 1.69. The Bertz CT molecular complexity index is 1080. The minimum Gasteiger partial charge on any atom is -0.493 e. The number of carbonyl (C=O) groups excluding carboxylic acids is 1. The predicted molar refractivity (Wildman–Crippen MR) is 118 cm³/mol. The van der Waals surface area contributed by atoms with Gasteiger partial charge in [0.15, 0.2) is 11.5 Å². The van der Waals surface area contributed by atoms with Gasteiger partial charge in [0, 0.05) is 7.05 Å². The summed E-state index contributed by atoms with van der Waals surface area (Å²) >= 11 is 0. The highest BCUT2D eigenvalue weighted by molar-refractivity contribution is 6.09. The van der Waals surface area contributed by atoms with Crippen LogP contribution in [0.15, 0.2) is 47.5 Å². The van der Waals surface area contributed by atoms with Gasteiger partial charge in [0.2, 0.25) is 0 Å². The van der Waals surface area contributed by atoms with Gasteiger partial charge in [0.25, 0.3) is 5.91 Å². The number of amides is 1. The van der Waals surface area contributed by atoms with E-state index in [1.54, 1.807) is 7.05 Å². The number of likely N-dealkylation sites (N-methyl/N-ethyl adjacent to an activating group) is 1. The number of aliphatic imine (C=N–C) groups is 1. The average molecular weight is 402 g/mol. The number of hydrogen-bond acceptors (Lipinski definition) is 4. The minimum absolute atomic E-state index is 0.127. The Morgan fingerprint density at radius 3 is 2.70 bits per heavy atom. The first kappa shape index (κ1) is 18.9. The Labute approximate surface area is 177 Å². The molecule has 1 fully saturated rings. The molecule has 1 aliphatic carbocycles. The maximum absolute atomic E-state index is 13.6. The summed E-state index contributed by atoms with van der Waals surface area (Å²) in [6.45, 7) is 2.83. The third-order valence-corrected chi connectivity index (χ3v) is 6.43. The van der Waals surface area contributed by atoms with Crippen molar-refractivity contribution in [2.45, 2.75) is 38.1 Å². The first-order valence-corrected chi connectivity index (χ1v) is 10.7. The Hall–Kier alpha value is -3.08. The second-order valence-corrected chi connectivity index (χ2v) is 8.59. The van der Waals surface area contributed by atoms with Gasteiger partial charge in [0.05, 0.1) is 6.61 Å². The van der Waals surface area contributed by atoms with Gasteiger partial charge in [-0.1, -0.05) is 30.4 Å². The van der Waals surface area contributed by atoms with Crippen LogP contribution in [-0.2, 0) is 16.8 Å². The van der Waals surface area contributed by atoms with Crippen molar-refractivity contribution in [3.05, 3.63) is 70.3 Å². The zero-order valence-corrected chi connectivity index (χ0v) is 17.5. The van der Waals surface area contributed by atoms with E-state index in [-0.39, 0.29) is 11.9 Å². The van der Waals surface area contributed by atoms with Crippen LogP contribution >= 0.6 is 0 Å². The maximum Gasteiger partial charge on any atom is 0.266 e. The molecule has 2 heterocycles. The molecule has 30 heavy (non-hydrogen) atoms. The van der Waals surface area contributed by atoms with Crippen LogP contribution in [0.4, 0.5) is 0 Å². The number of rotatable bonds is 4. The molecular weight excluding hydrogens is 374 g/mol. The minimum atomic E-state index is -1.17. The topological polar surface area (TPSA) is 67.9 Å². The molecule has 2 aromatic rings. The van der Waals surface area contributed by atoms with E-state index in [1.165, 1.54) is 23.3 Å². The Balaban J connectivity index is 1.67. The number of carbonyl (C=O) groups is 1. The van der Waals surface area contributed by atoms with Gasteiger partial charge in [-0.2, -0.15) is 0 Å². The lowest BCUT2D eigenvalue weighted by Crippen LogP contribution is -2.41. The molecule has 1 unspecified atom stereocenters. The first-order chi connectivity index (χ1) is 14.5. The molecule has 154 valence electrons. The number of fused-ring (bicyclic) bond motifs is 1. The van der Waals surface area contributed by atoms with Gasteiger partial charge < -0.3 is 10.5 Å². The van der Waals surface area contributed by atoms with Crippen LogP contribution in [0.2, 0.25) is 0 Å². The highest BCUT2D eigenvalue weighted by Crippen LogP contribution is 2.42. The molecule has 0 radical (unpaired) electrons. The lowest BCUT2D eigenvalue weighted by atomic mass is 9.80. The third kappa shape index (κ3) is 3.00. The standard InChI is InChI=1S/C25H27N3O2/c1-16-5-10-20(14-18(16)9-8-17-6-7-17)25(23(29)28(2)24(26)27-25)21-11-12-22-19(15-21)4-3-13-30-22/h5,8-12,14-15,17H,3-4,6-7,13H2,1-2H3,(H2,26,27)/b9-8+. The number of hydrogen-bond donors (Lipinski definition) is 1. The summed E-state index contributed by atoms with van der Waals surface area (Å²) in [5.74, 6) is 1.70. The molecule has 3 aliphatic rings. The van der Waals surface area contributed by atoms with Crippen molar-refractivity contribution in [1.29, 1.82) is 0 Å². The van der Waals surface area contributed by atoms with Gasteiger partial charge in [-0.15, -0.1) is 0 Å². The van der Waals surface area contributed by atoms with Gasteiger partial charge in [-0.05, 0) is 84.5 Å². The van der Waals surface area contributed by atoms with E-state index in [0.29, 0.717) is 5.92 Å². The molecule has 2 aromatic carbocycles. The van der Waals surface area contributed by atoms with Crippen LogP contribution in [0.5, 0.6) is 5.75 Å². The fourth-order valence-corrected chi connectivity index (χ4v) is 4.34. The number of nitrogens with zero attached hydrogens (tertiary/aromatic N) is 2. The van der Waals surface area contributed by atoms with Gasteiger partial charge >= 0.3 is 0 Å². The second kappa shape index (κ2) is 7.01. The number of allylic oxidation sites excluding steroid dienone is 1. The van der Waals surface area contributed by atoms with E-state index in [2.05, 4.69) is 37.3 Å². The zero-order chi connectivity index (χ0) is 20.9. The lowest BCUT2D eigenvalue weighted by molar-refractivity contribution is -0.129. The maximum atomic E-state index is 13.6.